The number of carbonyl (C=O) groups is 1. The lowest BCUT2D eigenvalue weighted by Gasteiger charge is -2.26. The number of benzene rings is 1. The molecule has 59 heavy (non-hydrogen) atoms. The number of aliphatic hydroxyl groups excluding tert-OH is 2. The van der Waals surface area contributed by atoms with E-state index in [1.807, 2.05) is 6.07 Å². The highest BCUT2D eigenvalue weighted by molar-refractivity contribution is 7.47. The van der Waals surface area contributed by atoms with E-state index in [2.05, 4.69) is 17.0 Å². The number of halogens is 1. The third kappa shape index (κ3) is 17.5. The summed E-state index contributed by atoms with van der Waals surface area (Å²) in [5, 5.41) is 44.2. The molecule has 1 aromatic carbocycles. The zero-order valence-corrected chi connectivity index (χ0v) is 35.2. The summed E-state index contributed by atoms with van der Waals surface area (Å²) in [6.45, 7) is 0.611. The lowest BCUT2D eigenvalue weighted by molar-refractivity contribution is -0.145. The van der Waals surface area contributed by atoms with Crippen LogP contribution < -0.4 is 5.73 Å². The average Bonchev–Trinajstić information content (AvgIpc) is 3.66. The summed E-state index contributed by atoms with van der Waals surface area (Å²) in [5.41, 5.74) is 6.51. The molecule has 3 rings (SSSR count). The Labute approximate surface area is 346 Å². The van der Waals surface area contributed by atoms with Crippen LogP contribution in [-0.4, -0.2) is 85.6 Å². The van der Waals surface area contributed by atoms with Crippen LogP contribution >= 0.6 is 7.82 Å². The summed E-state index contributed by atoms with van der Waals surface area (Å²) in [6.07, 6.45) is 15.2. The molecule has 1 unspecified atom stereocenters. The van der Waals surface area contributed by atoms with Crippen molar-refractivity contribution in [3.05, 3.63) is 59.3 Å². The molecule has 1 amide bonds. The topological polar surface area (TPSA) is 239 Å². The molecule has 5 atom stereocenters. The van der Waals surface area contributed by atoms with E-state index in [-0.39, 0.29) is 29.2 Å². The first-order valence-corrected chi connectivity index (χ1v) is 22.1. The molecule has 0 saturated carbocycles. The number of amides is 1. The fourth-order valence-electron chi connectivity index (χ4n) is 6.65. The Morgan fingerprint density at radius 3 is 2.12 bits per heavy atom. The maximum Gasteiger partial charge on any atom is 0.472 e. The van der Waals surface area contributed by atoms with E-state index in [4.69, 9.17) is 24.3 Å². The minimum atomic E-state index is -5.02. The maximum atomic E-state index is 14.1. The number of aromatic nitrogens is 3. The molecule has 0 saturated heterocycles. The summed E-state index contributed by atoms with van der Waals surface area (Å²) in [4.78, 5) is 29.4. The zero-order chi connectivity index (χ0) is 43.0. The quantitative estimate of drug-likeness (QED) is 0.0289. The number of ether oxygens (including phenoxy) is 2. The van der Waals surface area contributed by atoms with Gasteiger partial charge in [-0.05, 0) is 42.3 Å². The third-order valence-electron chi connectivity index (χ3n) is 10.1. The number of hydrogen-bond donors (Lipinski definition) is 4. The summed E-state index contributed by atoms with van der Waals surface area (Å²) in [5.74, 6) is -1.15. The molecular weight excluding hydrogens is 784 g/mol. The van der Waals surface area contributed by atoms with Crippen molar-refractivity contribution in [2.75, 3.05) is 32.5 Å². The number of unbranched alkanes of at least 4 members (excludes halogenated alkanes) is 15. The van der Waals surface area contributed by atoms with E-state index in [9.17, 15) is 39.4 Å². The molecule has 0 aliphatic carbocycles. The molecule has 0 spiro atoms. The van der Waals surface area contributed by atoms with Gasteiger partial charge in [0.1, 0.15) is 29.9 Å². The van der Waals surface area contributed by atoms with Crippen molar-refractivity contribution in [3.8, 4) is 12.3 Å². The maximum absolute atomic E-state index is 14.1. The Bertz CT molecular complexity index is 1840. The first-order valence-electron chi connectivity index (χ1n) is 20.6. The van der Waals surface area contributed by atoms with Gasteiger partial charge in [0.05, 0.1) is 37.1 Å². The van der Waals surface area contributed by atoms with Gasteiger partial charge >= 0.3 is 7.82 Å². The Kier molecular flexibility index (Phi) is 22.3. The molecule has 0 fully saturated rings. The van der Waals surface area contributed by atoms with Crippen molar-refractivity contribution in [3.63, 3.8) is 0 Å². The fourth-order valence-corrected chi connectivity index (χ4v) is 7.38. The summed E-state index contributed by atoms with van der Waals surface area (Å²) < 4.78 is 49.2. The van der Waals surface area contributed by atoms with E-state index in [0.29, 0.717) is 12.1 Å². The number of nitrogens with two attached hydrogens (primary N) is 1. The standard InChI is InChI=1S/C41H61FN7O9P/c1-3-4-5-6-7-8-9-10-11-12-13-14-15-16-17-18-21-48(2)41(52)37(55-26-32-22-31(25-43)23-33(42)24-32)28-58-59(53,54)57-27-36(56-29-44)39(51)38(50)34-19-20-35-40(45)46-30-47-49(34)35/h19-20,22-24,30,36-39,50-51H,3-18,21,26-28H2,1-2H3,(H,53,54)(H2,45,46,47)/t36-,37+,38+,39-/m1/s1. The minimum Gasteiger partial charge on any atom is -0.419 e. The van der Waals surface area contributed by atoms with Gasteiger partial charge in [0.25, 0.3) is 12.2 Å². The fraction of sp³-hybridized carbons (Fsp3) is 0.634. The number of phosphoric acid groups is 1. The molecular formula is C41H61FN7O9P. The largest absolute Gasteiger partial charge is 0.472 e. The van der Waals surface area contributed by atoms with E-state index >= 15 is 0 Å². The van der Waals surface area contributed by atoms with E-state index in [0.717, 1.165) is 44.1 Å². The number of phosphoric ester groups is 1. The second kappa shape index (κ2) is 26.8. The Hall–Kier alpha value is -4.19. The normalized spacial score (nSPS) is 14.5. The first-order chi connectivity index (χ1) is 28.4. The number of rotatable bonds is 31. The minimum absolute atomic E-state index is 0.0422. The van der Waals surface area contributed by atoms with E-state index in [1.54, 1.807) is 7.05 Å². The molecule has 16 nitrogen and oxygen atoms in total. The van der Waals surface area contributed by atoms with Gasteiger partial charge in [-0.15, -0.1) is 0 Å². The second-order valence-corrected chi connectivity index (χ2v) is 16.2. The molecule has 3 aromatic rings. The number of nitrogen functional groups attached to an aromatic ring is 1. The number of anilines is 1. The third-order valence-corrected chi connectivity index (χ3v) is 11.0. The predicted octanol–water partition coefficient (Wildman–Crippen LogP) is 7.02. The molecule has 5 N–H and O–H groups in total. The van der Waals surface area contributed by atoms with Crippen molar-refractivity contribution >= 4 is 25.1 Å². The number of hydrogen-bond acceptors (Lipinski definition) is 13. The number of likely N-dealkylation sites (N-methyl/N-ethyl adjacent to an activating group) is 1. The Balaban J connectivity index is 1.50. The number of carbonyl (C=O) groups excluding carboxylic acids is 1. The van der Waals surface area contributed by atoms with E-state index < -0.39 is 57.2 Å². The van der Waals surface area contributed by atoms with Gasteiger partial charge in [0.15, 0.2) is 18.0 Å². The van der Waals surface area contributed by atoms with Crippen LogP contribution in [0.3, 0.4) is 0 Å². The van der Waals surface area contributed by atoms with Crippen LogP contribution in [0.5, 0.6) is 0 Å². The molecule has 0 aliphatic heterocycles. The molecule has 326 valence electrons. The lowest BCUT2D eigenvalue weighted by Crippen LogP contribution is -2.41. The average molecular weight is 846 g/mol. The van der Waals surface area contributed by atoms with Crippen LogP contribution in [0, 0.1) is 28.7 Å². The van der Waals surface area contributed by atoms with Crippen LogP contribution in [-0.2, 0) is 34.5 Å². The number of aliphatic hydroxyl groups is 2. The van der Waals surface area contributed by atoms with Crippen molar-refractivity contribution in [1.82, 2.24) is 19.5 Å². The lowest BCUT2D eigenvalue weighted by atomic mass is 10.0. The second-order valence-electron chi connectivity index (χ2n) is 14.8. The van der Waals surface area contributed by atoms with Crippen molar-refractivity contribution in [1.29, 1.82) is 10.5 Å². The van der Waals surface area contributed by atoms with Gasteiger partial charge in [0.2, 0.25) is 0 Å². The Morgan fingerprint density at radius 1 is 0.932 bits per heavy atom. The van der Waals surface area contributed by atoms with Crippen LogP contribution in [0.15, 0.2) is 36.7 Å². The van der Waals surface area contributed by atoms with Crippen molar-refractivity contribution in [2.45, 2.75) is 141 Å². The van der Waals surface area contributed by atoms with Gasteiger partial charge < -0.3 is 35.2 Å². The molecule has 0 bridgehead atoms. The summed E-state index contributed by atoms with van der Waals surface area (Å²) in [6, 6.07) is 8.34. The number of fused-ring (bicyclic) bond motifs is 1. The van der Waals surface area contributed by atoms with Gasteiger partial charge in [-0.25, -0.2) is 18.5 Å². The smallest absolute Gasteiger partial charge is 0.419 e. The van der Waals surface area contributed by atoms with E-state index in [1.165, 1.54) is 111 Å². The highest BCUT2D eigenvalue weighted by Crippen LogP contribution is 2.44. The van der Waals surface area contributed by atoms with Gasteiger partial charge in [0, 0.05) is 13.6 Å². The van der Waals surface area contributed by atoms with Gasteiger partial charge in [-0.3, -0.25) is 13.8 Å². The molecule has 2 aromatic heterocycles. The Morgan fingerprint density at radius 2 is 1.53 bits per heavy atom. The monoisotopic (exact) mass is 845 g/mol. The van der Waals surface area contributed by atoms with Gasteiger partial charge in [-0.1, -0.05) is 103 Å². The van der Waals surface area contributed by atoms with Crippen LogP contribution in [0.1, 0.15) is 133 Å². The summed E-state index contributed by atoms with van der Waals surface area (Å²) in [7, 11) is -3.45. The molecule has 2 heterocycles. The van der Waals surface area contributed by atoms with Crippen LogP contribution in [0.4, 0.5) is 10.2 Å². The predicted molar refractivity (Wildman–Crippen MR) is 217 cm³/mol. The number of nitriles is 2. The molecule has 0 radical (unpaired) electrons. The zero-order valence-electron chi connectivity index (χ0n) is 34.3. The SMILES string of the molecule is CCCCCCCCCCCCCCCCCCN(C)C(=O)[C@H](COP(=O)(O)OC[C@@H](OC#N)[C@@H](O)[C@@H](O)c1ccc2c(N)ncnn12)OCc1cc(F)cc(C#N)c1. The van der Waals surface area contributed by atoms with Crippen LogP contribution in [0.25, 0.3) is 5.52 Å². The number of nitrogens with zero attached hydrogens (tertiary/aromatic N) is 6. The summed E-state index contributed by atoms with van der Waals surface area (Å²) >= 11 is 0. The molecule has 18 heteroatoms. The first kappa shape index (κ1) is 49.2. The van der Waals surface area contributed by atoms with Crippen molar-refractivity contribution in [2.24, 2.45) is 0 Å². The molecule has 0 aliphatic rings. The van der Waals surface area contributed by atoms with Crippen LogP contribution in [0.2, 0.25) is 0 Å². The highest BCUT2D eigenvalue weighted by Gasteiger charge is 2.35. The van der Waals surface area contributed by atoms with Gasteiger partial charge in [-0.2, -0.15) is 15.6 Å². The highest BCUT2D eigenvalue weighted by atomic mass is 31.2. The van der Waals surface area contributed by atoms with Crippen molar-refractivity contribution < 1.29 is 47.4 Å².